The van der Waals surface area contributed by atoms with Crippen LogP contribution in [-0.4, -0.2) is 26.7 Å². The van der Waals surface area contributed by atoms with E-state index in [2.05, 4.69) is 23.3 Å². The maximum atomic E-state index is 8.89. The quantitative estimate of drug-likeness (QED) is 0.795. The Balaban J connectivity index is 2.14. The van der Waals surface area contributed by atoms with Crippen LogP contribution in [0.5, 0.6) is 0 Å². The van der Waals surface area contributed by atoms with Crippen LogP contribution >= 0.6 is 0 Å². The average Bonchev–Trinajstić information content (AvgIpc) is 3.09. The zero-order valence-corrected chi connectivity index (χ0v) is 10.8. The summed E-state index contributed by atoms with van der Waals surface area (Å²) in [5, 5.41) is 26.1. The van der Waals surface area contributed by atoms with Crippen molar-refractivity contribution in [1.29, 1.82) is 5.26 Å². The highest BCUT2D eigenvalue weighted by Crippen LogP contribution is 2.34. The van der Waals surface area contributed by atoms with Crippen LogP contribution in [0, 0.1) is 17.2 Å². The Morgan fingerprint density at radius 2 is 2.33 bits per heavy atom. The minimum atomic E-state index is 0.210. The molecule has 5 heteroatoms. The number of aromatic nitrogens is 3. The highest BCUT2D eigenvalue weighted by molar-refractivity contribution is 5.16. The summed E-state index contributed by atoms with van der Waals surface area (Å²) in [6, 6.07) is 2.40. The SMILES string of the molecule is CC(CCCO)n1nnc(CC#N)c1CC1CC1. The number of aliphatic hydroxyl groups is 1. The molecule has 0 aromatic carbocycles. The topological polar surface area (TPSA) is 74.7 Å². The molecule has 1 saturated carbocycles. The van der Waals surface area contributed by atoms with Gasteiger partial charge in [0.15, 0.2) is 0 Å². The number of nitrogens with zero attached hydrogens (tertiary/aromatic N) is 4. The van der Waals surface area contributed by atoms with E-state index in [1.807, 2.05) is 4.68 Å². The molecule has 1 aliphatic rings. The fraction of sp³-hybridized carbons (Fsp3) is 0.769. The fourth-order valence-electron chi connectivity index (χ4n) is 2.23. The lowest BCUT2D eigenvalue weighted by atomic mass is 10.1. The van der Waals surface area contributed by atoms with E-state index in [9.17, 15) is 0 Å². The van der Waals surface area contributed by atoms with Crippen molar-refractivity contribution in [2.75, 3.05) is 6.61 Å². The van der Waals surface area contributed by atoms with Gasteiger partial charge in [0.25, 0.3) is 0 Å². The monoisotopic (exact) mass is 248 g/mol. The van der Waals surface area contributed by atoms with Crippen LogP contribution in [0.15, 0.2) is 0 Å². The van der Waals surface area contributed by atoms with Crippen molar-refractivity contribution in [2.24, 2.45) is 5.92 Å². The van der Waals surface area contributed by atoms with Gasteiger partial charge in [-0.25, -0.2) is 4.68 Å². The highest BCUT2D eigenvalue weighted by atomic mass is 16.2. The average molecular weight is 248 g/mol. The van der Waals surface area contributed by atoms with Crippen molar-refractivity contribution in [3.8, 4) is 6.07 Å². The van der Waals surface area contributed by atoms with E-state index in [1.54, 1.807) is 0 Å². The summed E-state index contributed by atoms with van der Waals surface area (Å²) in [4.78, 5) is 0. The normalized spacial score (nSPS) is 16.5. The van der Waals surface area contributed by atoms with Crippen LogP contribution in [-0.2, 0) is 12.8 Å². The van der Waals surface area contributed by atoms with Gasteiger partial charge in [-0.2, -0.15) is 5.26 Å². The van der Waals surface area contributed by atoms with Crippen molar-refractivity contribution in [3.05, 3.63) is 11.4 Å². The third-order valence-electron chi connectivity index (χ3n) is 3.49. The number of rotatable bonds is 7. The first-order valence-electron chi connectivity index (χ1n) is 6.67. The molecule has 98 valence electrons. The lowest BCUT2D eigenvalue weighted by Crippen LogP contribution is -2.12. The molecule has 0 aliphatic heterocycles. The Bertz CT molecular complexity index is 431. The summed E-state index contributed by atoms with van der Waals surface area (Å²) in [5.41, 5.74) is 1.96. The van der Waals surface area contributed by atoms with Gasteiger partial charge in [0.2, 0.25) is 0 Å². The third kappa shape index (κ3) is 3.08. The second-order valence-electron chi connectivity index (χ2n) is 5.12. The maximum Gasteiger partial charge on any atom is 0.0999 e. The number of hydrogen-bond acceptors (Lipinski definition) is 4. The Kier molecular flexibility index (Phi) is 4.32. The summed E-state index contributed by atoms with van der Waals surface area (Å²) < 4.78 is 1.96. The Morgan fingerprint density at radius 1 is 1.56 bits per heavy atom. The van der Waals surface area contributed by atoms with Gasteiger partial charge in [-0.15, -0.1) is 5.10 Å². The second-order valence-corrected chi connectivity index (χ2v) is 5.12. The van der Waals surface area contributed by atoms with Crippen LogP contribution in [0.25, 0.3) is 0 Å². The largest absolute Gasteiger partial charge is 0.396 e. The van der Waals surface area contributed by atoms with Gasteiger partial charge in [0.05, 0.1) is 29.9 Å². The summed E-state index contributed by atoms with van der Waals surface area (Å²) in [5.74, 6) is 0.754. The molecule has 0 bridgehead atoms. The Hall–Kier alpha value is -1.41. The fourth-order valence-corrected chi connectivity index (χ4v) is 2.23. The molecular formula is C13H20N4O. The first-order chi connectivity index (χ1) is 8.76. The van der Waals surface area contributed by atoms with Gasteiger partial charge in [-0.1, -0.05) is 5.21 Å². The molecule has 1 fully saturated rings. The van der Waals surface area contributed by atoms with Crippen LogP contribution < -0.4 is 0 Å². The minimum Gasteiger partial charge on any atom is -0.396 e. The molecule has 1 aromatic rings. The molecule has 0 saturated heterocycles. The van der Waals surface area contributed by atoms with Gasteiger partial charge in [0.1, 0.15) is 0 Å². The molecule has 18 heavy (non-hydrogen) atoms. The zero-order chi connectivity index (χ0) is 13.0. The second kappa shape index (κ2) is 5.96. The maximum absolute atomic E-state index is 8.89. The van der Waals surface area contributed by atoms with Gasteiger partial charge in [-0.3, -0.25) is 0 Å². The van der Waals surface area contributed by atoms with Gasteiger partial charge in [0, 0.05) is 6.61 Å². The molecule has 0 spiro atoms. The summed E-state index contributed by atoms with van der Waals surface area (Å²) in [6.45, 7) is 2.30. The number of hydrogen-bond donors (Lipinski definition) is 1. The van der Waals surface area contributed by atoms with Gasteiger partial charge >= 0.3 is 0 Å². The smallest absolute Gasteiger partial charge is 0.0999 e. The van der Waals surface area contributed by atoms with Crippen LogP contribution in [0.4, 0.5) is 0 Å². The van der Waals surface area contributed by atoms with Gasteiger partial charge < -0.3 is 5.11 Å². The molecule has 1 unspecified atom stereocenters. The van der Waals surface area contributed by atoms with E-state index in [4.69, 9.17) is 10.4 Å². The van der Waals surface area contributed by atoms with Crippen LogP contribution in [0.1, 0.15) is 50.0 Å². The molecule has 1 aliphatic carbocycles. The van der Waals surface area contributed by atoms with Crippen molar-refractivity contribution in [2.45, 2.75) is 51.5 Å². The van der Waals surface area contributed by atoms with E-state index in [1.165, 1.54) is 12.8 Å². The van der Waals surface area contributed by atoms with E-state index in [-0.39, 0.29) is 12.6 Å². The molecule has 5 nitrogen and oxygen atoms in total. The molecular weight excluding hydrogens is 228 g/mol. The number of aliphatic hydroxyl groups excluding tert-OH is 1. The Morgan fingerprint density at radius 3 is 2.94 bits per heavy atom. The van der Waals surface area contributed by atoms with Crippen LogP contribution in [0.2, 0.25) is 0 Å². The first kappa shape index (κ1) is 13.0. The van der Waals surface area contributed by atoms with Crippen molar-refractivity contribution in [1.82, 2.24) is 15.0 Å². The lowest BCUT2D eigenvalue weighted by Gasteiger charge is -2.14. The zero-order valence-electron chi connectivity index (χ0n) is 10.8. The molecule has 1 N–H and O–H groups in total. The molecule has 0 radical (unpaired) electrons. The van der Waals surface area contributed by atoms with E-state index in [0.29, 0.717) is 6.42 Å². The molecule has 0 amide bonds. The van der Waals surface area contributed by atoms with Crippen molar-refractivity contribution < 1.29 is 5.11 Å². The highest BCUT2D eigenvalue weighted by Gasteiger charge is 2.26. The minimum absolute atomic E-state index is 0.210. The van der Waals surface area contributed by atoms with Crippen LogP contribution in [0.3, 0.4) is 0 Å². The lowest BCUT2D eigenvalue weighted by molar-refractivity contribution is 0.269. The Labute approximate surface area is 107 Å². The van der Waals surface area contributed by atoms with E-state index >= 15 is 0 Å². The number of nitriles is 1. The van der Waals surface area contributed by atoms with Crippen molar-refractivity contribution in [3.63, 3.8) is 0 Å². The van der Waals surface area contributed by atoms with Crippen molar-refractivity contribution >= 4 is 0 Å². The first-order valence-corrected chi connectivity index (χ1v) is 6.67. The van der Waals surface area contributed by atoms with Gasteiger partial charge in [-0.05, 0) is 44.9 Å². The van der Waals surface area contributed by atoms with E-state index in [0.717, 1.165) is 36.6 Å². The molecule has 1 heterocycles. The third-order valence-corrected chi connectivity index (χ3v) is 3.49. The molecule has 1 aromatic heterocycles. The summed E-state index contributed by atoms with van der Waals surface area (Å²) in [7, 11) is 0. The standard InChI is InChI=1S/C13H20N4O/c1-10(3-2-8-18)17-13(9-11-4-5-11)12(6-7-14)15-16-17/h10-11,18H,2-6,8-9H2,1H3. The predicted octanol–water partition coefficient (Wildman–Crippen LogP) is 1.63. The molecule has 2 rings (SSSR count). The molecule has 1 atom stereocenters. The summed E-state index contributed by atoms with van der Waals surface area (Å²) >= 11 is 0. The van der Waals surface area contributed by atoms with E-state index < -0.39 is 0 Å². The predicted molar refractivity (Wildman–Crippen MR) is 66.8 cm³/mol. The summed E-state index contributed by atoms with van der Waals surface area (Å²) in [6.07, 6.45) is 5.56.